The molecular weight excluding hydrogens is 244 g/mol. The van der Waals surface area contributed by atoms with Crippen molar-refractivity contribution < 1.29 is 9.53 Å². The third kappa shape index (κ3) is 2.25. The molecule has 0 fully saturated rings. The Morgan fingerprint density at radius 1 is 1.53 bits per heavy atom. The van der Waals surface area contributed by atoms with E-state index in [4.69, 9.17) is 10.5 Å². The average molecular weight is 262 g/mol. The summed E-state index contributed by atoms with van der Waals surface area (Å²) in [5, 5.41) is 5.23. The molecule has 2 heterocycles. The molecule has 0 aliphatic carbocycles. The van der Waals surface area contributed by atoms with Gasteiger partial charge in [-0.05, 0) is 18.9 Å². The fraction of sp³-hybridized carbons (Fsp3) is 0.462. The van der Waals surface area contributed by atoms with Crippen LogP contribution in [0.15, 0.2) is 6.07 Å². The first-order valence-electron chi connectivity index (χ1n) is 6.26. The number of nitrogens with zero attached hydrogens (tertiary/aromatic N) is 3. The number of rotatable bonds is 3. The minimum Gasteiger partial charge on any atom is -0.461 e. The quantitative estimate of drug-likeness (QED) is 0.853. The number of fused-ring (bicyclic) bond motifs is 1. The van der Waals surface area contributed by atoms with Gasteiger partial charge in [-0.1, -0.05) is 13.8 Å². The molecular formula is C13H18N4O2. The SMILES string of the molecule is CCOC(=O)c1cc(N)c2c(C(C)C)nn(C)c2n1. The Morgan fingerprint density at radius 2 is 2.21 bits per heavy atom. The summed E-state index contributed by atoms with van der Waals surface area (Å²) in [5.41, 5.74) is 8.25. The van der Waals surface area contributed by atoms with Crippen molar-refractivity contribution in [2.75, 3.05) is 12.3 Å². The third-order valence-corrected chi connectivity index (χ3v) is 2.88. The van der Waals surface area contributed by atoms with Gasteiger partial charge in [0.05, 0.1) is 17.7 Å². The molecule has 0 bridgehead atoms. The molecule has 0 radical (unpaired) electrons. The predicted molar refractivity (Wildman–Crippen MR) is 73.0 cm³/mol. The summed E-state index contributed by atoms with van der Waals surface area (Å²) >= 11 is 0. The van der Waals surface area contributed by atoms with Gasteiger partial charge in [0, 0.05) is 12.7 Å². The molecule has 0 amide bonds. The van der Waals surface area contributed by atoms with Crippen molar-refractivity contribution >= 4 is 22.7 Å². The zero-order valence-electron chi connectivity index (χ0n) is 11.6. The molecule has 0 aromatic carbocycles. The Bertz CT molecular complexity index is 631. The molecule has 6 heteroatoms. The largest absolute Gasteiger partial charge is 0.461 e. The first kappa shape index (κ1) is 13.3. The second kappa shape index (κ2) is 4.87. The number of hydrogen-bond donors (Lipinski definition) is 1. The molecule has 2 aromatic heterocycles. The van der Waals surface area contributed by atoms with Crippen LogP contribution in [0.3, 0.4) is 0 Å². The van der Waals surface area contributed by atoms with Gasteiger partial charge >= 0.3 is 5.97 Å². The first-order valence-corrected chi connectivity index (χ1v) is 6.26. The van der Waals surface area contributed by atoms with E-state index in [-0.39, 0.29) is 11.6 Å². The molecule has 0 aliphatic heterocycles. The van der Waals surface area contributed by atoms with E-state index in [1.54, 1.807) is 24.7 Å². The number of carbonyl (C=O) groups is 1. The maximum absolute atomic E-state index is 11.7. The fourth-order valence-electron chi connectivity index (χ4n) is 2.02. The summed E-state index contributed by atoms with van der Waals surface area (Å²) in [6.45, 7) is 6.14. The molecule has 0 atom stereocenters. The van der Waals surface area contributed by atoms with E-state index < -0.39 is 5.97 Å². The van der Waals surface area contributed by atoms with Gasteiger partial charge in [-0.3, -0.25) is 4.68 Å². The van der Waals surface area contributed by atoms with Crippen LogP contribution in [-0.2, 0) is 11.8 Å². The van der Waals surface area contributed by atoms with E-state index in [0.29, 0.717) is 17.9 Å². The molecule has 0 saturated carbocycles. The molecule has 0 unspecified atom stereocenters. The summed E-state index contributed by atoms with van der Waals surface area (Å²) in [4.78, 5) is 16.0. The highest BCUT2D eigenvalue weighted by Gasteiger charge is 2.19. The van der Waals surface area contributed by atoms with Crippen LogP contribution in [0.5, 0.6) is 0 Å². The van der Waals surface area contributed by atoms with Crippen molar-refractivity contribution in [2.24, 2.45) is 7.05 Å². The van der Waals surface area contributed by atoms with Gasteiger partial charge < -0.3 is 10.5 Å². The van der Waals surface area contributed by atoms with Gasteiger partial charge in [-0.15, -0.1) is 0 Å². The van der Waals surface area contributed by atoms with Crippen molar-refractivity contribution in [1.82, 2.24) is 14.8 Å². The maximum atomic E-state index is 11.7. The van der Waals surface area contributed by atoms with Crippen LogP contribution in [0.1, 0.15) is 42.9 Å². The lowest BCUT2D eigenvalue weighted by atomic mass is 10.1. The zero-order chi connectivity index (χ0) is 14.2. The van der Waals surface area contributed by atoms with Crippen LogP contribution in [0.4, 0.5) is 5.69 Å². The van der Waals surface area contributed by atoms with Gasteiger partial charge in [0.1, 0.15) is 0 Å². The second-order valence-corrected chi connectivity index (χ2v) is 4.68. The van der Waals surface area contributed by atoms with Crippen molar-refractivity contribution in [3.8, 4) is 0 Å². The molecule has 102 valence electrons. The lowest BCUT2D eigenvalue weighted by molar-refractivity contribution is 0.0520. The van der Waals surface area contributed by atoms with E-state index in [1.165, 1.54) is 0 Å². The Hall–Kier alpha value is -2.11. The van der Waals surface area contributed by atoms with Crippen molar-refractivity contribution in [2.45, 2.75) is 26.7 Å². The Morgan fingerprint density at radius 3 is 2.79 bits per heavy atom. The Labute approximate surface area is 111 Å². The molecule has 0 aliphatic rings. The number of ether oxygens (including phenoxy) is 1. The van der Waals surface area contributed by atoms with E-state index in [0.717, 1.165) is 11.1 Å². The topological polar surface area (TPSA) is 83.0 Å². The van der Waals surface area contributed by atoms with Crippen LogP contribution in [0.2, 0.25) is 0 Å². The molecule has 0 spiro atoms. The number of anilines is 1. The average Bonchev–Trinajstić information content (AvgIpc) is 2.68. The standard InChI is InChI=1S/C13H18N4O2/c1-5-19-13(18)9-6-8(14)10-11(7(2)3)16-17(4)12(10)15-9/h6-7H,5H2,1-4H3,(H2,14,15). The number of carbonyl (C=O) groups excluding carboxylic acids is 1. The highest BCUT2D eigenvalue weighted by molar-refractivity contribution is 5.97. The van der Waals surface area contributed by atoms with Gasteiger partial charge in [0.15, 0.2) is 11.3 Å². The summed E-state index contributed by atoms with van der Waals surface area (Å²) in [6.07, 6.45) is 0. The third-order valence-electron chi connectivity index (χ3n) is 2.88. The minimum atomic E-state index is -0.469. The number of nitrogens with two attached hydrogens (primary N) is 1. The maximum Gasteiger partial charge on any atom is 0.357 e. The number of nitrogen functional groups attached to an aromatic ring is 1. The summed E-state index contributed by atoms with van der Waals surface area (Å²) in [6, 6.07) is 1.55. The van der Waals surface area contributed by atoms with Crippen molar-refractivity contribution in [1.29, 1.82) is 0 Å². The van der Waals surface area contributed by atoms with Gasteiger partial charge in [0.25, 0.3) is 0 Å². The summed E-state index contributed by atoms with van der Waals surface area (Å²) < 4.78 is 6.58. The molecule has 2 rings (SSSR count). The van der Waals surface area contributed by atoms with E-state index in [9.17, 15) is 4.79 Å². The normalized spacial score (nSPS) is 11.2. The van der Waals surface area contributed by atoms with Gasteiger partial charge in [-0.25, -0.2) is 9.78 Å². The van der Waals surface area contributed by atoms with Crippen LogP contribution >= 0.6 is 0 Å². The Kier molecular flexibility index (Phi) is 3.42. The van der Waals surface area contributed by atoms with Crippen LogP contribution in [0.25, 0.3) is 11.0 Å². The van der Waals surface area contributed by atoms with E-state index >= 15 is 0 Å². The molecule has 19 heavy (non-hydrogen) atoms. The first-order chi connectivity index (χ1) is 8.95. The number of esters is 1. The summed E-state index contributed by atoms with van der Waals surface area (Å²) in [7, 11) is 1.79. The Balaban J connectivity index is 2.64. The monoisotopic (exact) mass is 262 g/mol. The van der Waals surface area contributed by atoms with Crippen LogP contribution < -0.4 is 5.73 Å². The number of aromatic nitrogens is 3. The fourth-order valence-corrected chi connectivity index (χ4v) is 2.02. The van der Waals surface area contributed by atoms with Crippen molar-refractivity contribution in [3.63, 3.8) is 0 Å². The lowest BCUT2D eigenvalue weighted by Gasteiger charge is -2.05. The highest BCUT2D eigenvalue weighted by Crippen LogP contribution is 2.28. The predicted octanol–water partition coefficient (Wildman–Crippen LogP) is 1.85. The van der Waals surface area contributed by atoms with E-state index in [1.807, 2.05) is 13.8 Å². The number of pyridine rings is 1. The van der Waals surface area contributed by atoms with Crippen LogP contribution in [-0.4, -0.2) is 27.3 Å². The number of hydrogen-bond acceptors (Lipinski definition) is 5. The second-order valence-electron chi connectivity index (χ2n) is 4.68. The lowest BCUT2D eigenvalue weighted by Crippen LogP contribution is -2.09. The highest BCUT2D eigenvalue weighted by atomic mass is 16.5. The summed E-state index contributed by atoms with van der Waals surface area (Å²) in [5.74, 6) is -0.232. The van der Waals surface area contributed by atoms with Gasteiger partial charge in [-0.2, -0.15) is 5.10 Å². The molecule has 2 aromatic rings. The smallest absolute Gasteiger partial charge is 0.357 e. The van der Waals surface area contributed by atoms with Gasteiger partial charge in [0.2, 0.25) is 0 Å². The van der Waals surface area contributed by atoms with E-state index in [2.05, 4.69) is 10.1 Å². The number of aryl methyl sites for hydroxylation is 1. The van der Waals surface area contributed by atoms with Crippen LogP contribution in [0, 0.1) is 0 Å². The van der Waals surface area contributed by atoms with Crippen molar-refractivity contribution in [3.05, 3.63) is 17.5 Å². The molecule has 0 saturated heterocycles. The minimum absolute atomic E-state index is 0.213. The molecule has 6 nitrogen and oxygen atoms in total. The zero-order valence-corrected chi connectivity index (χ0v) is 11.6. The molecule has 2 N–H and O–H groups in total.